The average molecular weight is 441 g/mol. The maximum absolute atomic E-state index is 13.9. The van der Waals surface area contributed by atoms with Gasteiger partial charge in [0.05, 0.1) is 0 Å². The lowest BCUT2D eigenvalue weighted by molar-refractivity contribution is -0.277. The zero-order valence-electron chi connectivity index (χ0n) is 18.7. The van der Waals surface area contributed by atoms with Gasteiger partial charge in [-0.15, -0.1) is 6.42 Å². The third kappa shape index (κ3) is 8.22. The molecule has 1 rings (SSSR count). The van der Waals surface area contributed by atoms with Gasteiger partial charge < -0.3 is 9.47 Å². The first-order valence-electron chi connectivity index (χ1n) is 11.2. The summed E-state index contributed by atoms with van der Waals surface area (Å²) in [6.45, 7) is 2.20. The lowest BCUT2D eigenvalue weighted by Gasteiger charge is -2.33. The summed E-state index contributed by atoms with van der Waals surface area (Å²) in [6.07, 6.45) is 11.0. The molecule has 0 radical (unpaired) electrons. The summed E-state index contributed by atoms with van der Waals surface area (Å²) >= 11 is 0. The normalized spacial score (nSPS) is 14.5. The molecule has 0 aliphatic rings. The Morgan fingerprint density at radius 2 is 1.48 bits per heavy atom. The third-order valence-corrected chi connectivity index (χ3v) is 5.43. The molecule has 174 valence electrons. The summed E-state index contributed by atoms with van der Waals surface area (Å²) in [6, 6.07) is 6.74. The number of ether oxygens (including phenoxy) is 2. The van der Waals surface area contributed by atoms with Crippen molar-refractivity contribution in [3.05, 3.63) is 35.9 Å². The first kappa shape index (κ1) is 27.0. The molecule has 0 heterocycles. The highest BCUT2D eigenvalue weighted by molar-refractivity contribution is 5.83. The number of methoxy groups -OCH3 is 1. The van der Waals surface area contributed by atoms with Crippen LogP contribution in [-0.2, 0) is 19.9 Å². The van der Waals surface area contributed by atoms with Crippen LogP contribution < -0.4 is 0 Å². The van der Waals surface area contributed by atoms with E-state index < -0.39 is 23.9 Å². The van der Waals surface area contributed by atoms with Crippen LogP contribution in [0.4, 0.5) is 13.2 Å². The largest absolute Gasteiger partial charge is 0.447 e. The van der Waals surface area contributed by atoms with E-state index in [4.69, 9.17) is 15.9 Å². The van der Waals surface area contributed by atoms with Gasteiger partial charge in [0.25, 0.3) is 5.60 Å². The number of halogens is 3. The van der Waals surface area contributed by atoms with Gasteiger partial charge in [0.15, 0.2) is 6.10 Å². The van der Waals surface area contributed by atoms with Crippen molar-refractivity contribution in [2.45, 2.75) is 95.4 Å². The molecule has 6 heteroatoms. The topological polar surface area (TPSA) is 35.5 Å². The van der Waals surface area contributed by atoms with Crippen LogP contribution in [0.2, 0.25) is 0 Å². The number of unbranched alkanes of at least 4 members (excludes halogenated alkanes) is 9. The number of carbonyl (C=O) groups is 1. The zero-order chi connectivity index (χ0) is 23.2. The molecular formula is C25H35F3O3. The van der Waals surface area contributed by atoms with Gasteiger partial charge >= 0.3 is 12.1 Å². The molecule has 0 bridgehead atoms. The van der Waals surface area contributed by atoms with Gasteiger partial charge in [-0.25, -0.2) is 4.79 Å². The van der Waals surface area contributed by atoms with Gasteiger partial charge in [0.1, 0.15) is 0 Å². The highest BCUT2D eigenvalue weighted by Gasteiger charge is 2.64. The van der Waals surface area contributed by atoms with E-state index in [2.05, 4.69) is 12.8 Å². The van der Waals surface area contributed by atoms with Crippen molar-refractivity contribution >= 4 is 5.97 Å². The van der Waals surface area contributed by atoms with Crippen molar-refractivity contribution in [2.24, 2.45) is 0 Å². The van der Waals surface area contributed by atoms with E-state index in [0.29, 0.717) is 12.8 Å². The Morgan fingerprint density at radius 1 is 0.968 bits per heavy atom. The van der Waals surface area contributed by atoms with Crippen LogP contribution in [0.1, 0.15) is 83.1 Å². The minimum absolute atomic E-state index is 0.325. The molecule has 0 aliphatic heterocycles. The average Bonchev–Trinajstić information content (AvgIpc) is 2.74. The maximum Gasteiger partial charge on any atom is 0.432 e. The molecule has 3 nitrogen and oxygen atoms in total. The molecule has 0 saturated heterocycles. The maximum atomic E-state index is 13.9. The summed E-state index contributed by atoms with van der Waals surface area (Å²) < 4.78 is 51.6. The van der Waals surface area contributed by atoms with Gasteiger partial charge in [-0.05, 0) is 12.8 Å². The van der Waals surface area contributed by atoms with E-state index in [1.807, 2.05) is 0 Å². The summed E-state index contributed by atoms with van der Waals surface area (Å²) in [4.78, 5) is 12.6. The van der Waals surface area contributed by atoms with Crippen LogP contribution in [-0.4, -0.2) is 25.4 Å². The van der Waals surface area contributed by atoms with Crippen LogP contribution in [0, 0.1) is 12.3 Å². The molecule has 0 amide bonds. The number of terminal acetylenes is 1. The molecule has 0 aliphatic carbocycles. The zero-order valence-corrected chi connectivity index (χ0v) is 18.7. The summed E-state index contributed by atoms with van der Waals surface area (Å²) in [5, 5.41) is 0. The lowest BCUT2D eigenvalue weighted by Crippen LogP contribution is -2.52. The Labute approximate surface area is 184 Å². The van der Waals surface area contributed by atoms with Gasteiger partial charge in [-0.2, -0.15) is 13.2 Å². The number of carbonyl (C=O) groups excluding carboxylic acids is 1. The first-order valence-corrected chi connectivity index (χ1v) is 11.2. The predicted molar refractivity (Wildman–Crippen MR) is 116 cm³/mol. The molecular weight excluding hydrogens is 405 g/mol. The van der Waals surface area contributed by atoms with E-state index in [1.165, 1.54) is 62.8 Å². The third-order valence-electron chi connectivity index (χ3n) is 5.43. The molecule has 0 aromatic heterocycles. The van der Waals surface area contributed by atoms with Crippen molar-refractivity contribution in [1.29, 1.82) is 0 Å². The minimum atomic E-state index is -5.00. The van der Waals surface area contributed by atoms with Crippen LogP contribution in [0.15, 0.2) is 30.3 Å². The molecule has 2 atom stereocenters. The number of benzene rings is 1. The van der Waals surface area contributed by atoms with Crippen LogP contribution >= 0.6 is 0 Å². The van der Waals surface area contributed by atoms with Crippen molar-refractivity contribution in [3.63, 3.8) is 0 Å². The first-order chi connectivity index (χ1) is 14.8. The Hall–Kier alpha value is -2.00. The lowest BCUT2D eigenvalue weighted by atomic mass is 9.92. The Balaban J connectivity index is 2.56. The van der Waals surface area contributed by atoms with Gasteiger partial charge in [0, 0.05) is 12.7 Å². The van der Waals surface area contributed by atoms with Gasteiger partial charge in [-0.1, -0.05) is 101 Å². The number of hydrogen-bond acceptors (Lipinski definition) is 3. The quantitative estimate of drug-likeness (QED) is 0.168. The Morgan fingerprint density at radius 3 is 1.94 bits per heavy atom. The predicted octanol–water partition coefficient (Wildman–Crippen LogP) is 6.95. The second-order valence-corrected chi connectivity index (χ2v) is 7.78. The smallest absolute Gasteiger partial charge is 0.432 e. The molecule has 0 unspecified atom stereocenters. The summed E-state index contributed by atoms with van der Waals surface area (Å²) in [5.74, 6) is 0.759. The number of esters is 1. The molecule has 0 spiro atoms. The van der Waals surface area contributed by atoms with Crippen molar-refractivity contribution < 1.29 is 27.4 Å². The molecule has 1 aromatic carbocycles. The van der Waals surface area contributed by atoms with E-state index in [1.54, 1.807) is 6.07 Å². The fraction of sp³-hybridized carbons (Fsp3) is 0.640. The van der Waals surface area contributed by atoms with Crippen molar-refractivity contribution in [1.82, 2.24) is 0 Å². The fourth-order valence-corrected chi connectivity index (χ4v) is 3.59. The van der Waals surface area contributed by atoms with Crippen molar-refractivity contribution in [3.8, 4) is 12.3 Å². The second kappa shape index (κ2) is 14.1. The second-order valence-electron chi connectivity index (χ2n) is 7.78. The fourth-order valence-electron chi connectivity index (χ4n) is 3.59. The van der Waals surface area contributed by atoms with E-state index in [9.17, 15) is 18.0 Å². The Kier molecular flexibility index (Phi) is 12.3. The summed E-state index contributed by atoms with van der Waals surface area (Å²) in [7, 11) is 0.842. The van der Waals surface area contributed by atoms with Gasteiger partial charge in [-0.3, -0.25) is 0 Å². The molecule has 0 fully saturated rings. The standard InChI is InChI=1S/C25H35F3O3/c1-4-6-7-8-9-10-11-12-13-17-20-22(5-2)31-23(29)24(30-3,25(26,27)28)21-18-15-14-16-19-21/h2,14-16,18-19,22H,4,6-13,17,20H2,1,3H3/t22-,24-/m1/s1. The summed E-state index contributed by atoms with van der Waals surface area (Å²) in [5.41, 5.74) is -3.55. The number of alkyl halides is 3. The molecule has 0 N–H and O–H groups in total. The number of hydrogen-bond donors (Lipinski definition) is 0. The minimum Gasteiger partial charge on any atom is -0.447 e. The highest BCUT2D eigenvalue weighted by Crippen LogP contribution is 2.43. The van der Waals surface area contributed by atoms with Crippen LogP contribution in [0.5, 0.6) is 0 Å². The molecule has 0 saturated carbocycles. The van der Waals surface area contributed by atoms with Crippen LogP contribution in [0.3, 0.4) is 0 Å². The molecule has 31 heavy (non-hydrogen) atoms. The monoisotopic (exact) mass is 440 g/mol. The van der Waals surface area contributed by atoms with E-state index in [0.717, 1.165) is 26.4 Å². The van der Waals surface area contributed by atoms with E-state index in [-0.39, 0.29) is 5.56 Å². The van der Waals surface area contributed by atoms with E-state index >= 15 is 0 Å². The molecule has 1 aromatic rings. The number of rotatable bonds is 15. The van der Waals surface area contributed by atoms with Crippen molar-refractivity contribution in [2.75, 3.05) is 7.11 Å². The SMILES string of the molecule is C#C[C@H](CCCCCCCCCCCC)OC(=O)[C@](OC)(c1ccccc1)C(F)(F)F. The highest BCUT2D eigenvalue weighted by atomic mass is 19.4. The van der Waals surface area contributed by atoms with Gasteiger partial charge in [0.2, 0.25) is 0 Å². The Bertz CT molecular complexity index is 667. The van der Waals surface area contributed by atoms with Crippen LogP contribution in [0.25, 0.3) is 0 Å².